The molecule has 0 fully saturated rings. The topological polar surface area (TPSA) is 90.8 Å². The van der Waals surface area contributed by atoms with Crippen LogP contribution >= 0.6 is 23.4 Å². The van der Waals surface area contributed by atoms with Crippen molar-refractivity contribution in [1.29, 1.82) is 0 Å². The summed E-state index contributed by atoms with van der Waals surface area (Å²) in [5, 5.41) is 9.05. The van der Waals surface area contributed by atoms with Gasteiger partial charge in [0.25, 0.3) is 5.22 Å². The van der Waals surface area contributed by atoms with Crippen LogP contribution in [0.2, 0.25) is 5.02 Å². The van der Waals surface area contributed by atoms with E-state index in [0.717, 1.165) is 16.9 Å². The first-order valence-electron chi connectivity index (χ1n) is 10.00. The standard InChI is InChI=1S/C23H18ClN3O5S/c1-27(11-17-7-9-18(31-17)14-2-5-16(24)6-3-14)21(28)12-33-23-26-25-22(32-23)15-4-8-19-20(10-15)30-13-29-19/h2-10H,11-13H2,1H3. The molecule has 1 amide bonds. The molecule has 5 rings (SSSR count). The Morgan fingerprint density at radius 2 is 1.79 bits per heavy atom. The number of hydrogen-bond acceptors (Lipinski definition) is 8. The summed E-state index contributed by atoms with van der Waals surface area (Å²) in [5.74, 6) is 3.13. The lowest BCUT2D eigenvalue weighted by Crippen LogP contribution is -2.27. The van der Waals surface area contributed by atoms with E-state index in [1.807, 2.05) is 30.3 Å². The molecule has 10 heteroatoms. The minimum atomic E-state index is -0.0905. The second-order valence-corrected chi connectivity index (χ2v) is 8.62. The molecule has 8 nitrogen and oxygen atoms in total. The van der Waals surface area contributed by atoms with E-state index in [0.29, 0.717) is 39.9 Å². The van der Waals surface area contributed by atoms with E-state index >= 15 is 0 Å². The fourth-order valence-corrected chi connectivity index (χ4v) is 4.03. The fourth-order valence-electron chi connectivity index (χ4n) is 3.20. The highest BCUT2D eigenvalue weighted by atomic mass is 35.5. The number of halogens is 1. The lowest BCUT2D eigenvalue weighted by atomic mass is 10.2. The molecular formula is C23H18ClN3O5S. The number of thioether (sulfide) groups is 1. The van der Waals surface area contributed by atoms with E-state index < -0.39 is 0 Å². The average molecular weight is 484 g/mol. The number of furan rings is 1. The molecule has 168 valence electrons. The molecule has 2 aromatic heterocycles. The summed E-state index contributed by atoms with van der Waals surface area (Å²) in [6.07, 6.45) is 0. The van der Waals surface area contributed by atoms with Gasteiger partial charge in [0.1, 0.15) is 11.5 Å². The summed E-state index contributed by atoms with van der Waals surface area (Å²) in [5.41, 5.74) is 1.64. The number of hydrogen-bond donors (Lipinski definition) is 0. The summed E-state index contributed by atoms with van der Waals surface area (Å²) < 4.78 is 22.2. The van der Waals surface area contributed by atoms with Gasteiger partial charge < -0.3 is 23.2 Å². The maximum atomic E-state index is 12.6. The molecule has 0 atom stereocenters. The quantitative estimate of drug-likeness (QED) is 0.334. The zero-order chi connectivity index (χ0) is 22.8. The van der Waals surface area contributed by atoms with Crippen molar-refractivity contribution >= 4 is 29.3 Å². The average Bonchev–Trinajstić information content (AvgIpc) is 3.58. The predicted molar refractivity (Wildman–Crippen MR) is 122 cm³/mol. The first kappa shape index (κ1) is 21.4. The third-order valence-corrected chi connectivity index (χ3v) is 6.01. The van der Waals surface area contributed by atoms with Gasteiger partial charge >= 0.3 is 0 Å². The zero-order valence-corrected chi connectivity index (χ0v) is 19.1. The molecule has 33 heavy (non-hydrogen) atoms. The van der Waals surface area contributed by atoms with Crippen molar-refractivity contribution in [2.24, 2.45) is 0 Å². The minimum absolute atomic E-state index is 0.0905. The summed E-state index contributed by atoms with van der Waals surface area (Å²) in [6.45, 7) is 0.541. The van der Waals surface area contributed by atoms with Crippen LogP contribution in [0.25, 0.3) is 22.8 Å². The molecule has 0 unspecified atom stereocenters. The molecule has 0 aliphatic carbocycles. The van der Waals surface area contributed by atoms with Gasteiger partial charge in [0.05, 0.1) is 12.3 Å². The predicted octanol–water partition coefficient (Wildman–Crippen LogP) is 5.13. The second kappa shape index (κ2) is 9.21. The Morgan fingerprint density at radius 3 is 2.64 bits per heavy atom. The van der Waals surface area contributed by atoms with Crippen LogP contribution in [0.4, 0.5) is 0 Å². The second-order valence-electron chi connectivity index (χ2n) is 7.25. The molecule has 0 bridgehead atoms. The van der Waals surface area contributed by atoms with Crippen LogP contribution in [0.3, 0.4) is 0 Å². The van der Waals surface area contributed by atoms with E-state index in [1.165, 1.54) is 11.8 Å². The maximum Gasteiger partial charge on any atom is 0.277 e. The van der Waals surface area contributed by atoms with E-state index in [2.05, 4.69) is 10.2 Å². The molecule has 0 saturated carbocycles. The van der Waals surface area contributed by atoms with Gasteiger partial charge in [-0.25, -0.2) is 0 Å². The molecule has 1 aliphatic heterocycles. The van der Waals surface area contributed by atoms with Crippen molar-refractivity contribution in [2.75, 3.05) is 19.6 Å². The van der Waals surface area contributed by atoms with Crippen molar-refractivity contribution < 1.29 is 23.1 Å². The van der Waals surface area contributed by atoms with Gasteiger partial charge in [-0.15, -0.1) is 10.2 Å². The van der Waals surface area contributed by atoms with E-state index in [9.17, 15) is 4.79 Å². The van der Waals surface area contributed by atoms with Crippen LogP contribution in [-0.2, 0) is 11.3 Å². The zero-order valence-electron chi connectivity index (χ0n) is 17.5. The van der Waals surface area contributed by atoms with Gasteiger partial charge in [-0.3, -0.25) is 4.79 Å². The lowest BCUT2D eigenvalue weighted by Gasteiger charge is -2.14. The Morgan fingerprint density at radius 1 is 1.00 bits per heavy atom. The highest BCUT2D eigenvalue weighted by Crippen LogP contribution is 2.36. The van der Waals surface area contributed by atoms with Gasteiger partial charge in [0.15, 0.2) is 11.5 Å². The smallest absolute Gasteiger partial charge is 0.277 e. The molecule has 0 saturated heterocycles. The maximum absolute atomic E-state index is 12.6. The summed E-state index contributed by atoms with van der Waals surface area (Å²) in [7, 11) is 1.72. The molecule has 0 spiro atoms. The Kier molecular flexibility index (Phi) is 5.97. The lowest BCUT2D eigenvalue weighted by molar-refractivity contribution is -0.127. The summed E-state index contributed by atoms with van der Waals surface area (Å²) in [6, 6.07) is 16.5. The van der Waals surface area contributed by atoms with Gasteiger partial charge in [0.2, 0.25) is 18.6 Å². The van der Waals surface area contributed by atoms with Crippen LogP contribution in [0.1, 0.15) is 5.76 Å². The number of amides is 1. The van der Waals surface area contributed by atoms with Gasteiger partial charge in [0, 0.05) is 23.2 Å². The Hall–Kier alpha value is -3.43. The highest BCUT2D eigenvalue weighted by Gasteiger charge is 2.18. The molecule has 2 aromatic carbocycles. The first-order valence-corrected chi connectivity index (χ1v) is 11.4. The molecule has 1 aliphatic rings. The Bertz CT molecular complexity index is 1290. The largest absolute Gasteiger partial charge is 0.459 e. The summed E-state index contributed by atoms with van der Waals surface area (Å²) >= 11 is 7.11. The molecule has 3 heterocycles. The van der Waals surface area contributed by atoms with Crippen LogP contribution in [0.15, 0.2) is 68.7 Å². The number of ether oxygens (including phenoxy) is 2. The minimum Gasteiger partial charge on any atom is -0.459 e. The van der Waals surface area contributed by atoms with E-state index in [4.69, 9.17) is 29.9 Å². The number of nitrogens with zero attached hydrogens (tertiary/aromatic N) is 3. The van der Waals surface area contributed by atoms with Crippen molar-refractivity contribution in [3.8, 4) is 34.3 Å². The molecular weight excluding hydrogens is 466 g/mol. The Labute approximate surface area is 198 Å². The Balaban J connectivity index is 1.16. The van der Waals surface area contributed by atoms with E-state index in [-0.39, 0.29) is 18.5 Å². The first-order chi connectivity index (χ1) is 16.0. The van der Waals surface area contributed by atoms with Crippen molar-refractivity contribution in [3.05, 3.63) is 65.4 Å². The number of fused-ring (bicyclic) bond motifs is 1. The number of carbonyl (C=O) groups excluding carboxylic acids is 1. The van der Waals surface area contributed by atoms with Gasteiger partial charge in [-0.05, 0) is 54.6 Å². The number of benzene rings is 2. The molecule has 0 N–H and O–H groups in total. The van der Waals surface area contributed by atoms with E-state index in [1.54, 1.807) is 36.2 Å². The SMILES string of the molecule is CN(Cc1ccc(-c2ccc(Cl)cc2)o1)C(=O)CSc1nnc(-c2ccc3c(c2)OCO3)o1. The van der Waals surface area contributed by atoms with Crippen LogP contribution in [-0.4, -0.2) is 40.6 Å². The molecule has 4 aromatic rings. The third kappa shape index (κ3) is 4.84. The molecule has 0 radical (unpaired) electrons. The van der Waals surface area contributed by atoms with Crippen LogP contribution in [0, 0.1) is 0 Å². The number of aromatic nitrogens is 2. The number of carbonyl (C=O) groups is 1. The normalized spacial score (nSPS) is 12.2. The summed E-state index contributed by atoms with van der Waals surface area (Å²) in [4.78, 5) is 14.2. The van der Waals surface area contributed by atoms with Crippen LogP contribution < -0.4 is 9.47 Å². The third-order valence-electron chi connectivity index (χ3n) is 4.95. The van der Waals surface area contributed by atoms with Crippen molar-refractivity contribution in [1.82, 2.24) is 15.1 Å². The fraction of sp³-hybridized carbons (Fsp3) is 0.174. The van der Waals surface area contributed by atoms with Crippen LogP contribution in [0.5, 0.6) is 11.5 Å². The van der Waals surface area contributed by atoms with Crippen molar-refractivity contribution in [2.45, 2.75) is 11.8 Å². The van der Waals surface area contributed by atoms with Gasteiger partial charge in [-0.1, -0.05) is 23.4 Å². The van der Waals surface area contributed by atoms with Gasteiger partial charge in [-0.2, -0.15) is 0 Å². The monoisotopic (exact) mass is 483 g/mol. The van der Waals surface area contributed by atoms with Crippen molar-refractivity contribution in [3.63, 3.8) is 0 Å². The number of rotatable bonds is 7. The highest BCUT2D eigenvalue weighted by molar-refractivity contribution is 7.99.